The van der Waals surface area contributed by atoms with E-state index in [1.54, 1.807) is 0 Å². The highest BCUT2D eigenvalue weighted by Crippen LogP contribution is 2.21. The average molecular weight is 227 g/mol. The molecule has 16 heavy (non-hydrogen) atoms. The fourth-order valence-electron chi connectivity index (χ4n) is 2.46. The molecule has 1 aliphatic carbocycles. The van der Waals surface area contributed by atoms with E-state index in [0.29, 0.717) is 6.04 Å². The minimum Gasteiger partial charge on any atom is -0.329 e. The molecule has 3 nitrogen and oxygen atoms in total. The molecule has 1 fully saturated rings. The van der Waals surface area contributed by atoms with Crippen LogP contribution in [-0.2, 0) is 0 Å². The van der Waals surface area contributed by atoms with Gasteiger partial charge in [0.25, 0.3) is 0 Å². The lowest BCUT2D eigenvalue weighted by molar-refractivity contribution is 0.189. The zero-order valence-electron chi connectivity index (χ0n) is 11.0. The van der Waals surface area contributed by atoms with Crippen molar-refractivity contribution in [1.29, 1.82) is 0 Å². The Morgan fingerprint density at radius 2 is 2.00 bits per heavy atom. The van der Waals surface area contributed by atoms with Gasteiger partial charge in [-0.2, -0.15) is 0 Å². The summed E-state index contributed by atoms with van der Waals surface area (Å²) in [7, 11) is 2.28. The summed E-state index contributed by atoms with van der Waals surface area (Å²) >= 11 is 0. The molecule has 1 atom stereocenters. The van der Waals surface area contributed by atoms with Crippen LogP contribution in [0.5, 0.6) is 0 Å². The minimum absolute atomic E-state index is 0.458. The molecule has 0 aliphatic heterocycles. The molecule has 0 spiro atoms. The van der Waals surface area contributed by atoms with Crippen LogP contribution >= 0.6 is 0 Å². The maximum atomic E-state index is 5.56. The van der Waals surface area contributed by atoms with Crippen LogP contribution in [0.3, 0.4) is 0 Å². The van der Waals surface area contributed by atoms with E-state index in [9.17, 15) is 0 Å². The van der Waals surface area contributed by atoms with Gasteiger partial charge in [0.05, 0.1) is 0 Å². The zero-order chi connectivity index (χ0) is 11.8. The van der Waals surface area contributed by atoms with Gasteiger partial charge < -0.3 is 16.0 Å². The first-order valence-electron chi connectivity index (χ1n) is 6.87. The molecule has 0 heterocycles. The molecule has 1 saturated carbocycles. The monoisotopic (exact) mass is 227 g/mol. The summed E-state index contributed by atoms with van der Waals surface area (Å²) in [5.41, 5.74) is 5.56. The van der Waals surface area contributed by atoms with Gasteiger partial charge >= 0.3 is 0 Å². The van der Waals surface area contributed by atoms with Crippen molar-refractivity contribution in [3.63, 3.8) is 0 Å². The number of hydrogen-bond donors (Lipinski definition) is 2. The number of nitrogens with two attached hydrogens (primary N) is 1. The molecule has 0 aromatic carbocycles. The van der Waals surface area contributed by atoms with E-state index in [-0.39, 0.29) is 0 Å². The molecule has 3 N–H and O–H groups in total. The number of nitrogens with zero attached hydrogens (tertiary/aromatic N) is 1. The van der Waals surface area contributed by atoms with Gasteiger partial charge in [0, 0.05) is 18.6 Å². The third-order valence-electron chi connectivity index (χ3n) is 3.73. The van der Waals surface area contributed by atoms with Crippen molar-refractivity contribution in [3.8, 4) is 0 Å². The van der Waals surface area contributed by atoms with Gasteiger partial charge in [-0.3, -0.25) is 0 Å². The third kappa shape index (κ3) is 5.28. The highest BCUT2D eigenvalue weighted by Gasteiger charge is 2.17. The lowest BCUT2D eigenvalue weighted by Gasteiger charge is -2.31. The van der Waals surface area contributed by atoms with Crippen molar-refractivity contribution in [2.75, 3.05) is 26.7 Å². The first-order chi connectivity index (χ1) is 7.74. The summed E-state index contributed by atoms with van der Waals surface area (Å²) < 4.78 is 0. The van der Waals surface area contributed by atoms with Gasteiger partial charge in [-0.1, -0.05) is 19.3 Å². The molecule has 1 unspecified atom stereocenters. The summed E-state index contributed by atoms with van der Waals surface area (Å²) in [5.74, 6) is 0. The highest BCUT2D eigenvalue weighted by molar-refractivity contribution is 4.73. The molecule has 3 heteroatoms. The molecule has 0 aromatic heterocycles. The average Bonchev–Trinajstić information content (AvgIpc) is 2.35. The molecule has 0 aromatic rings. The van der Waals surface area contributed by atoms with E-state index >= 15 is 0 Å². The Hall–Kier alpha value is -0.120. The maximum absolute atomic E-state index is 5.56. The number of nitrogens with one attached hydrogen (secondary N) is 1. The molecule has 0 saturated heterocycles. The predicted octanol–water partition coefficient (Wildman–Crippen LogP) is 1.58. The van der Waals surface area contributed by atoms with Crippen LogP contribution in [0.25, 0.3) is 0 Å². The van der Waals surface area contributed by atoms with Gasteiger partial charge in [-0.05, 0) is 46.3 Å². The molecule has 0 radical (unpaired) electrons. The zero-order valence-corrected chi connectivity index (χ0v) is 11.0. The molecular weight excluding hydrogens is 198 g/mol. The van der Waals surface area contributed by atoms with E-state index in [2.05, 4.69) is 24.2 Å². The van der Waals surface area contributed by atoms with Crippen LogP contribution in [0.4, 0.5) is 0 Å². The summed E-state index contributed by atoms with van der Waals surface area (Å²) in [6, 6.07) is 1.31. The lowest BCUT2D eigenvalue weighted by atomic mass is 9.94. The van der Waals surface area contributed by atoms with Crippen LogP contribution in [0.2, 0.25) is 0 Å². The molecule has 0 amide bonds. The Bertz CT molecular complexity index is 167. The fourth-order valence-corrected chi connectivity index (χ4v) is 2.46. The first-order valence-corrected chi connectivity index (χ1v) is 6.87. The van der Waals surface area contributed by atoms with Crippen molar-refractivity contribution in [2.45, 2.75) is 57.5 Å². The Morgan fingerprint density at radius 1 is 1.31 bits per heavy atom. The highest BCUT2D eigenvalue weighted by atomic mass is 15.1. The lowest BCUT2D eigenvalue weighted by Crippen LogP contribution is -2.37. The quantitative estimate of drug-likeness (QED) is 0.649. The SMILES string of the molecule is CC(CN)NCCCN(C)C1CCCCC1. The van der Waals surface area contributed by atoms with Crippen LogP contribution in [0, 0.1) is 0 Å². The normalized spacial score (nSPS) is 20.2. The van der Waals surface area contributed by atoms with E-state index in [4.69, 9.17) is 5.73 Å². The van der Waals surface area contributed by atoms with Gasteiger partial charge in [0.2, 0.25) is 0 Å². The largest absolute Gasteiger partial charge is 0.329 e. The predicted molar refractivity (Wildman–Crippen MR) is 70.6 cm³/mol. The Labute approximate surface area is 101 Å². The summed E-state index contributed by atoms with van der Waals surface area (Å²) in [6.07, 6.45) is 8.35. The minimum atomic E-state index is 0.458. The Balaban J connectivity index is 2.03. The van der Waals surface area contributed by atoms with Gasteiger partial charge in [-0.15, -0.1) is 0 Å². The van der Waals surface area contributed by atoms with E-state index < -0.39 is 0 Å². The van der Waals surface area contributed by atoms with Crippen LogP contribution in [0.1, 0.15) is 45.4 Å². The van der Waals surface area contributed by atoms with E-state index in [0.717, 1.165) is 19.1 Å². The van der Waals surface area contributed by atoms with Crippen LogP contribution < -0.4 is 11.1 Å². The van der Waals surface area contributed by atoms with E-state index in [1.165, 1.54) is 45.1 Å². The number of rotatable bonds is 7. The van der Waals surface area contributed by atoms with E-state index in [1.807, 2.05) is 0 Å². The fraction of sp³-hybridized carbons (Fsp3) is 1.00. The third-order valence-corrected chi connectivity index (χ3v) is 3.73. The first kappa shape index (κ1) is 13.9. The van der Waals surface area contributed by atoms with Crippen LogP contribution in [0.15, 0.2) is 0 Å². The number of hydrogen-bond acceptors (Lipinski definition) is 3. The summed E-state index contributed by atoms with van der Waals surface area (Å²) in [6.45, 7) is 5.19. The van der Waals surface area contributed by atoms with Crippen molar-refractivity contribution in [1.82, 2.24) is 10.2 Å². The molecule has 96 valence electrons. The summed E-state index contributed by atoms with van der Waals surface area (Å²) in [5, 5.41) is 3.44. The van der Waals surface area contributed by atoms with Crippen molar-refractivity contribution < 1.29 is 0 Å². The van der Waals surface area contributed by atoms with Crippen molar-refractivity contribution in [2.24, 2.45) is 5.73 Å². The standard InChI is InChI=1S/C13H29N3/c1-12(11-14)15-9-6-10-16(2)13-7-4-3-5-8-13/h12-13,15H,3-11,14H2,1-2H3. The maximum Gasteiger partial charge on any atom is 0.0161 e. The van der Waals surface area contributed by atoms with Gasteiger partial charge in [0.1, 0.15) is 0 Å². The topological polar surface area (TPSA) is 41.3 Å². The van der Waals surface area contributed by atoms with Gasteiger partial charge in [0.15, 0.2) is 0 Å². The molecule has 1 aliphatic rings. The van der Waals surface area contributed by atoms with Gasteiger partial charge in [-0.25, -0.2) is 0 Å². The molecular formula is C13H29N3. The molecule has 0 bridgehead atoms. The van der Waals surface area contributed by atoms with Crippen molar-refractivity contribution >= 4 is 0 Å². The summed E-state index contributed by atoms with van der Waals surface area (Å²) in [4.78, 5) is 2.55. The Kier molecular flexibility index (Phi) is 7.01. The van der Waals surface area contributed by atoms with Crippen LogP contribution in [-0.4, -0.2) is 43.7 Å². The second-order valence-electron chi connectivity index (χ2n) is 5.22. The van der Waals surface area contributed by atoms with Crippen molar-refractivity contribution in [3.05, 3.63) is 0 Å². The molecule has 1 rings (SSSR count). The smallest absolute Gasteiger partial charge is 0.0161 e. The Morgan fingerprint density at radius 3 is 2.62 bits per heavy atom. The second kappa shape index (κ2) is 8.04. The second-order valence-corrected chi connectivity index (χ2v) is 5.22.